The minimum absolute atomic E-state index is 0.0853. The average Bonchev–Trinajstić information content (AvgIpc) is 3.24. The molecule has 8 nitrogen and oxygen atoms in total. The lowest BCUT2D eigenvalue weighted by molar-refractivity contribution is -0.134. The van der Waals surface area contributed by atoms with Crippen molar-refractivity contribution in [3.8, 4) is 0 Å². The molecule has 27 heavy (non-hydrogen) atoms. The number of carbonyl (C=O) groups is 3. The molecule has 0 bridgehead atoms. The Morgan fingerprint density at radius 1 is 1.07 bits per heavy atom. The number of amides is 3. The SMILES string of the molecule is O=C(N[C@@H](CC(=O)N1CCNCC1)C(=O)Nc1ccccc1)c1ccco1. The zero-order valence-corrected chi connectivity index (χ0v) is 14.8. The van der Waals surface area contributed by atoms with Crippen LogP contribution >= 0.6 is 0 Å². The van der Waals surface area contributed by atoms with Gasteiger partial charge in [-0.1, -0.05) is 18.2 Å². The molecule has 1 aliphatic heterocycles. The van der Waals surface area contributed by atoms with Crippen molar-refractivity contribution in [2.45, 2.75) is 12.5 Å². The Bertz CT molecular complexity index is 770. The number of nitrogens with one attached hydrogen (secondary N) is 3. The quantitative estimate of drug-likeness (QED) is 0.699. The third kappa shape index (κ3) is 5.18. The first kappa shape index (κ1) is 18.7. The molecule has 3 amide bonds. The molecule has 1 aromatic heterocycles. The van der Waals surface area contributed by atoms with Gasteiger partial charge in [-0.25, -0.2) is 0 Å². The number of hydrogen-bond acceptors (Lipinski definition) is 5. The lowest BCUT2D eigenvalue weighted by atomic mass is 10.1. The van der Waals surface area contributed by atoms with Gasteiger partial charge in [0.2, 0.25) is 11.8 Å². The van der Waals surface area contributed by atoms with Gasteiger partial charge in [0.05, 0.1) is 12.7 Å². The molecule has 2 aromatic rings. The van der Waals surface area contributed by atoms with Crippen LogP contribution in [0, 0.1) is 0 Å². The van der Waals surface area contributed by atoms with E-state index in [0.29, 0.717) is 31.9 Å². The van der Waals surface area contributed by atoms with Crippen LogP contribution < -0.4 is 16.0 Å². The Hall–Kier alpha value is -3.13. The summed E-state index contributed by atoms with van der Waals surface area (Å²) >= 11 is 0. The molecular weight excluding hydrogens is 348 g/mol. The van der Waals surface area contributed by atoms with Crippen molar-refractivity contribution >= 4 is 23.4 Å². The zero-order valence-electron chi connectivity index (χ0n) is 14.8. The Kier molecular flexibility index (Phi) is 6.22. The fourth-order valence-corrected chi connectivity index (χ4v) is 2.82. The highest BCUT2D eigenvalue weighted by molar-refractivity contribution is 6.02. The monoisotopic (exact) mass is 370 g/mol. The summed E-state index contributed by atoms with van der Waals surface area (Å²) in [5.41, 5.74) is 0.592. The van der Waals surface area contributed by atoms with E-state index in [0.717, 1.165) is 0 Å². The molecule has 2 heterocycles. The van der Waals surface area contributed by atoms with Crippen molar-refractivity contribution in [2.75, 3.05) is 31.5 Å². The van der Waals surface area contributed by atoms with Crippen LogP contribution in [0.15, 0.2) is 53.1 Å². The number of benzene rings is 1. The van der Waals surface area contributed by atoms with E-state index in [1.165, 1.54) is 12.3 Å². The van der Waals surface area contributed by atoms with E-state index in [2.05, 4.69) is 16.0 Å². The van der Waals surface area contributed by atoms with E-state index in [4.69, 9.17) is 4.42 Å². The normalized spacial score (nSPS) is 15.0. The number of para-hydroxylation sites is 1. The molecule has 1 atom stereocenters. The van der Waals surface area contributed by atoms with Crippen LogP contribution in [0.3, 0.4) is 0 Å². The largest absolute Gasteiger partial charge is 0.459 e. The van der Waals surface area contributed by atoms with Crippen molar-refractivity contribution in [1.29, 1.82) is 0 Å². The molecular formula is C19H22N4O4. The van der Waals surface area contributed by atoms with Gasteiger partial charge in [-0.05, 0) is 24.3 Å². The number of nitrogens with zero attached hydrogens (tertiary/aromatic N) is 1. The second-order valence-electron chi connectivity index (χ2n) is 6.19. The van der Waals surface area contributed by atoms with Gasteiger partial charge in [0.15, 0.2) is 5.76 Å². The second-order valence-corrected chi connectivity index (χ2v) is 6.19. The fraction of sp³-hybridized carbons (Fsp3) is 0.316. The van der Waals surface area contributed by atoms with Gasteiger partial charge < -0.3 is 25.3 Å². The smallest absolute Gasteiger partial charge is 0.287 e. The lowest BCUT2D eigenvalue weighted by Gasteiger charge is -2.29. The Labute approximate surface area is 156 Å². The minimum Gasteiger partial charge on any atom is -0.459 e. The molecule has 1 saturated heterocycles. The van der Waals surface area contributed by atoms with Gasteiger partial charge in [0, 0.05) is 31.9 Å². The van der Waals surface area contributed by atoms with E-state index in [1.54, 1.807) is 35.2 Å². The molecule has 3 rings (SSSR count). The summed E-state index contributed by atoms with van der Waals surface area (Å²) in [4.78, 5) is 39.3. The van der Waals surface area contributed by atoms with E-state index in [9.17, 15) is 14.4 Å². The summed E-state index contributed by atoms with van der Waals surface area (Å²) in [6.07, 6.45) is 1.25. The highest BCUT2D eigenvalue weighted by Crippen LogP contribution is 2.09. The van der Waals surface area contributed by atoms with Crippen LogP contribution in [0.2, 0.25) is 0 Å². The van der Waals surface area contributed by atoms with Crippen molar-refractivity contribution in [3.05, 3.63) is 54.5 Å². The average molecular weight is 370 g/mol. The molecule has 0 saturated carbocycles. The van der Waals surface area contributed by atoms with E-state index in [1.807, 2.05) is 6.07 Å². The molecule has 1 fully saturated rings. The number of piperazine rings is 1. The molecule has 142 valence electrons. The number of anilines is 1. The summed E-state index contributed by atoms with van der Waals surface area (Å²) < 4.78 is 5.07. The zero-order chi connectivity index (χ0) is 19.1. The predicted octanol–water partition coefficient (Wildman–Crippen LogP) is 0.839. The molecule has 3 N–H and O–H groups in total. The Balaban J connectivity index is 1.69. The second kappa shape index (κ2) is 9.00. The maximum atomic E-state index is 12.7. The first-order valence-electron chi connectivity index (χ1n) is 8.82. The molecule has 8 heteroatoms. The van der Waals surface area contributed by atoms with Gasteiger partial charge in [-0.2, -0.15) is 0 Å². The molecule has 1 aliphatic rings. The standard InChI is InChI=1S/C19H22N4O4/c24-17(23-10-8-20-9-11-23)13-15(22-19(26)16-7-4-12-27-16)18(25)21-14-5-2-1-3-6-14/h1-7,12,15,20H,8-11,13H2,(H,21,25)(H,22,26)/t15-/m0/s1. The van der Waals surface area contributed by atoms with E-state index >= 15 is 0 Å². The summed E-state index contributed by atoms with van der Waals surface area (Å²) in [7, 11) is 0. The molecule has 0 unspecified atom stereocenters. The molecule has 0 spiro atoms. The Morgan fingerprint density at radius 2 is 1.81 bits per heavy atom. The number of carbonyl (C=O) groups excluding carboxylic acids is 3. The van der Waals surface area contributed by atoms with Gasteiger partial charge in [0.25, 0.3) is 5.91 Å². The molecule has 0 aliphatic carbocycles. The van der Waals surface area contributed by atoms with Crippen molar-refractivity contribution < 1.29 is 18.8 Å². The first-order chi connectivity index (χ1) is 13.1. The summed E-state index contributed by atoms with van der Waals surface area (Å²) in [6, 6.07) is 11.0. The van der Waals surface area contributed by atoms with E-state index in [-0.39, 0.29) is 18.1 Å². The summed E-state index contributed by atoms with van der Waals surface area (Å²) in [5, 5.41) is 8.51. The summed E-state index contributed by atoms with van der Waals surface area (Å²) in [5.74, 6) is -1.09. The highest BCUT2D eigenvalue weighted by atomic mass is 16.3. The number of rotatable bonds is 6. The van der Waals surface area contributed by atoms with Crippen LogP contribution in [0.25, 0.3) is 0 Å². The number of furan rings is 1. The highest BCUT2D eigenvalue weighted by Gasteiger charge is 2.28. The summed E-state index contributed by atoms with van der Waals surface area (Å²) in [6.45, 7) is 2.59. The minimum atomic E-state index is -1.01. The maximum absolute atomic E-state index is 12.7. The molecule has 0 radical (unpaired) electrons. The van der Waals surface area contributed by atoms with Gasteiger partial charge in [-0.3, -0.25) is 14.4 Å². The fourth-order valence-electron chi connectivity index (χ4n) is 2.82. The van der Waals surface area contributed by atoms with Crippen LogP contribution in [0.4, 0.5) is 5.69 Å². The third-order valence-electron chi connectivity index (χ3n) is 4.26. The van der Waals surface area contributed by atoms with Crippen LogP contribution in [0.1, 0.15) is 17.0 Å². The topological polar surface area (TPSA) is 104 Å². The third-order valence-corrected chi connectivity index (χ3v) is 4.26. The van der Waals surface area contributed by atoms with Gasteiger partial charge >= 0.3 is 0 Å². The maximum Gasteiger partial charge on any atom is 0.287 e. The van der Waals surface area contributed by atoms with E-state index < -0.39 is 17.9 Å². The predicted molar refractivity (Wildman–Crippen MR) is 99.1 cm³/mol. The first-order valence-corrected chi connectivity index (χ1v) is 8.82. The van der Waals surface area contributed by atoms with Gasteiger partial charge in [0.1, 0.15) is 6.04 Å². The van der Waals surface area contributed by atoms with Gasteiger partial charge in [-0.15, -0.1) is 0 Å². The van der Waals surface area contributed by atoms with Crippen LogP contribution in [0.5, 0.6) is 0 Å². The van der Waals surface area contributed by atoms with Crippen molar-refractivity contribution in [3.63, 3.8) is 0 Å². The van der Waals surface area contributed by atoms with Crippen LogP contribution in [-0.2, 0) is 9.59 Å². The molecule has 1 aromatic carbocycles. The van der Waals surface area contributed by atoms with Crippen molar-refractivity contribution in [1.82, 2.24) is 15.5 Å². The lowest BCUT2D eigenvalue weighted by Crippen LogP contribution is -2.51. The van der Waals surface area contributed by atoms with Crippen LogP contribution in [-0.4, -0.2) is 54.8 Å². The number of hydrogen-bond donors (Lipinski definition) is 3. The van der Waals surface area contributed by atoms with Crippen molar-refractivity contribution in [2.24, 2.45) is 0 Å². The Morgan fingerprint density at radius 3 is 2.48 bits per heavy atom.